The summed E-state index contributed by atoms with van der Waals surface area (Å²) in [6, 6.07) is 19.3. The molecule has 0 atom stereocenters. The summed E-state index contributed by atoms with van der Waals surface area (Å²) in [7, 11) is 0. The van der Waals surface area contributed by atoms with Crippen molar-refractivity contribution in [3.63, 3.8) is 0 Å². The van der Waals surface area contributed by atoms with Gasteiger partial charge in [-0.15, -0.1) is 0 Å². The number of thioether (sulfide) groups is 1. The fourth-order valence-corrected chi connectivity index (χ4v) is 4.90. The number of furan rings is 1. The summed E-state index contributed by atoms with van der Waals surface area (Å²) >= 11 is 0.770. The molecule has 2 aliphatic rings. The molecule has 0 saturated carbocycles. The Kier molecular flexibility index (Phi) is 6.41. The Labute approximate surface area is 205 Å². The molecular weight excluding hydrogens is 469 g/mol. The van der Waals surface area contributed by atoms with Crippen LogP contribution >= 0.6 is 11.8 Å². The van der Waals surface area contributed by atoms with Crippen LogP contribution in [0.25, 0.3) is 17.4 Å². The minimum atomic E-state index is -0.528. The van der Waals surface area contributed by atoms with E-state index in [9.17, 15) is 18.8 Å². The topological polar surface area (TPSA) is 74.1 Å². The molecule has 3 heterocycles. The monoisotopic (exact) mass is 491 g/mol. The van der Waals surface area contributed by atoms with Gasteiger partial charge < -0.3 is 14.2 Å². The summed E-state index contributed by atoms with van der Waals surface area (Å²) < 4.78 is 19.2. The number of piperazine rings is 1. The Morgan fingerprint density at radius 1 is 0.971 bits per heavy atom. The molecule has 3 aromatic rings. The second-order valence-electron chi connectivity index (χ2n) is 8.18. The lowest BCUT2D eigenvalue weighted by Crippen LogP contribution is -2.51. The molecule has 0 N–H and O–H groups in total. The number of rotatable bonds is 5. The van der Waals surface area contributed by atoms with Crippen molar-refractivity contribution in [2.45, 2.75) is 0 Å². The Hall–Kier alpha value is -3.85. The predicted octanol–water partition coefficient (Wildman–Crippen LogP) is 4.47. The van der Waals surface area contributed by atoms with Gasteiger partial charge in [-0.05, 0) is 48.2 Å². The Morgan fingerprint density at radius 3 is 2.49 bits per heavy atom. The number of nitrogens with zero attached hydrogens (tertiary/aromatic N) is 3. The molecule has 2 aliphatic heterocycles. The average molecular weight is 492 g/mol. The number of hydrogen-bond acceptors (Lipinski definition) is 6. The summed E-state index contributed by atoms with van der Waals surface area (Å²) in [5.41, 5.74) is 1.67. The Morgan fingerprint density at radius 2 is 1.74 bits per heavy atom. The molecule has 0 unspecified atom stereocenters. The zero-order valence-corrected chi connectivity index (χ0v) is 19.5. The molecule has 7 nitrogen and oxygen atoms in total. The molecule has 2 fully saturated rings. The number of hydrogen-bond donors (Lipinski definition) is 0. The maximum absolute atomic E-state index is 13.5. The number of carbonyl (C=O) groups excluding carboxylic acids is 3. The van der Waals surface area contributed by atoms with E-state index in [4.69, 9.17) is 4.42 Å². The maximum atomic E-state index is 13.5. The molecule has 0 bridgehead atoms. The van der Waals surface area contributed by atoms with E-state index in [0.717, 1.165) is 22.3 Å². The summed E-state index contributed by atoms with van der Waals surface area (Å²) in [5.74, 6) is -0.363. The lowest BCUT2D eigenvalue weighted by Gasteiger charge is -2.36. The van der Waals surface area contributed by atoms with Crippen LogP contribution in [0.1, 0.15) is 5.76 Å². The van der Waals surface area contributed by atoms with Crippen LogP contribution in [0.3, 0.4) is 0 Å². The van der Waals surface area contributed by atoms with Crippen molar-refractivity contribution >= 4 is 40.6 Å². The van der Waals surface area contributed by atoms with Gasteiger partial charge in [0.05, 0.1) is 4.91 Å². The lowest BCUT2D eigenvalue weighted by molar-refractivity contribution is -0.136. The van der Waals surface area contributed by atoms with Gasteiger partial charge in [0.1, 0.15) is 23.9 Å². The van der Waals surface area contributed by atoms with Crippen molar-refractivity contribution in [2.24, 2.45) is 0 Å². The van der Waals surface area contributed by atoms with E-state index in [2.05, 4.69) is 4.90 Å². The van der Waals surface area contributed by atoms with E-state index >= 15 is 0 Å². The van der Waals surface area contributed by atoms with Gasteiger partial charge in [0.2, 0.25) is 5.91 Å². The van der Waals surface area contributed by atoms with E-state index < -0.39 is 11.1 Å². The number of halogens is 1. The highest BCUT2D eigenvalue weighted by Gasteiger charge is 2.37. The number of carbonyl (C=O) groups is 3. The van der Waals surface area contributed by atoms with E-state index in [1.54, 1.807) is 29.2 Å². The van der Waals surface area contributed by atoms with Crippen LogP contribution < -0.4 is 4.90 Å². The quantitative estimate of drug-likeness (QED) is 0.491. The van der Waals surface area contributed by atoms with Gasteiger partial charge in [-0.2, -0.15) is 0 Å². The summed E-state index contributed by atoms with van der Waals surface area (Å²) in [4.78, 5) is 43.2. The normalized spacial score (nSPS) is 17.5. The standard InChI is InChI=1S/C26H22FN3O4S/c27-19-6-4-5-18(15-19)22-10-9-21(34-22)16-23-25(32)30(26(33)35-23)17-24(31)29-13-11-28(12-14-29)20-7-2-1-3-8-20/h1-10,15-16H,11-14,17H2/b23-16+. The molecule has 2 saturated heterocycles. The predicted molar refractivity (Wildman–Crippen MR) is 132 cm³/mol. The second-order valence-corrected chi connectivity index (χ2v) is 9.18. The molecule has 178 valence electrons. The molecule has 0 radical (unpaired) electrons. The fraction of sp³-hybridized carbons (Fsp3) is 0.192. The highest BCUT2D eigenvalue weighted by Crippen LogP contribution is 2.33. The Balaban J connectivity index is 1.21. The minimum Gasteiger partial charge on any atom is -0.457 e. The molecule has 1 aromatic heterocycles. The first-order valence-electron chi connectivity index (χ1n) is 11.2. The van der Waals surface area contributed by atoms with E-state index in [1.807, 2.05) is 30.3 Å². The van der Waals surface area contributed by atoms with Crippen LogP contribution in [0.15, 0.2) is 76.1 Å². The van der Waals surface area contributed by atoms with E-state index in [1.165, 1.54) is 18.2 Å². The number of imide groups is 1. The van der Waals surface area contributed by atoms with Crippen molar-refractivity contribution in [2.75, 3.05) is 37.6 Å². The van der Waals surface area contributed by atoms with Crippen LogP contribution in [0, 0.1) is 5.82 Å². The first kappa shape index (κ1) is 22.9. The summed E-state index contributed by atoms with van der Waals surface area (Å²) in [6.07, 6.45) is 1.47. The molecule has 3 amide bonds. The minimum absolute atomic E-state index is 0.178. The summed E-state index contributed by atoms with van der Waals surface area (Å²) in [6.45, 7) is 2.12. The average Bonchev–Trinajstić information content (AvgIpc) is 3.45. The van der Waals surface area contributed by atoms with Crippen molar-refractivity contribution < 1.29 is 23.2 Å². The zero-order valence-electron chi connectivity index (χ0n) is 18.7. The molecule has 0 spiro atoms. The number of anilines is 1. The van der Waals surface area contributed by atoms with Gasteiger partial charge in [-0.1, -0.05) is 30.3 Å². The van der Waals surface area contributed by atoms with Crippen LogP contribution in [0.2, 0.25) is 0 Å². The van der Waals surface area contributed by atoms with Crippen molar-refractivity contribution in [1.29, 1.82) is 0 Å². The Bertz CT molecular complexity index is 1300. The van der Waals surface area contributed by atoms with Crippen molar-refractivity contribution in [3.8, 4) is 11.3 Å². The van der Waals surface area contributed by atoms with Gasteiger partial charge in [-0.3, -0.25) is 19.3 Å². The summed E-state index contributed by atoms with van der Waals surface area (Å²) in [5, 5.41) is -0.491. The number of benzene rings is 2. The molecule has 5 rings (SSSR count). The van der Waals surface area contributed by atoms with E-state index in [-0.39, 0.29) is 23.2 Å². The third-order valence-electron chi connectivity index (χ3n) is 5.93. The van der Waals surface area contributed by atoms with Gasteiger partial charge in [0.15, 0.2) is 0 Å². The first-order chi connectivity index (χ1) is 17.0. The van der Waals surface area contributed by atoms with Gasteiger partial charge >= 0.3 is 0 Å². The highest BCUT2D eigenvalue weighted by atomic mass is 32.2. The number of amides is 3. The number of para-hydroxylation sites is 1. The van der Waals surface area contributed by atoms with Crippen LogP contribution in [-0.2, 0) is 9.59 Å². The molecule has 9 heteroatoms. The SMILES string of the molecule is O=C(CN1C(=O)S/C(=C/c2ccc(-c3cccc(F)c3)o2)C1=O)N1CCN(c2ccccc2)CC1. The smallest absolute Gasteiger partial charge is 0.294 e. The van der Waals surface area contributed by atoms with Crippen molar-refractivity contribution in [3.05, 3.63) is 83.2 Å². The van der Waals surface area contributed by atoms with E-state index in [0.29, 0.717) is 43.3 Å². The largest absolute Gasteiger partial charge is 0.457 e. The maximum Gasteiger partial charge on any atom is 0.294 e. The fourth-order valence-electron chi connectivity index (χ4n) is 4.08. The first-order valence-corrected chi connectivity index (χ1v) is 12.0. The molecular formula is C26H22FN3O4S. The van der Waals surface area contributed by atoms with Crippen molar-refractivity contribution in [1.82, 2.24) is 9.80 Å². The van der Waals surface area contributed by atoms with Gasteiger partial charge in [0, 0.05) is 43.5 Å². The molecule has 2 aromatic carbocycles. The molecule has 35 heavy (non-hydrogen) atoms. The van der Waals surface area contributed by atoms with Crippen LogP contribution in [0.5, 0.6) is 0 Å². The van der Waals surface area contributed by atoms with Crippen LogP contribution in [0.4, 0.5) is 14.9 Å². The highest BCUT2D eigenvalue weighted by molar-refractivity contribution is 8.18. The zero-order chi connectivity index (χ0) is 24.4. The van der Waals surface area contributed by atoms with Gasteiger partial charge in [0.25, 0.3) is 11.1 Å². The second kappa shape index (κ2) is 9.79. The third kappa shape index (κ3) is 5.00. The molecule has 0 aliphatic carbocycles. The van der Waals surface area contributed by atoms with Gasteiger partial charge in [-0.25, -0.2) is 4.39 Å². The third-order valence-corrected chi connectivity index (χ3v) is 6.84. The lowest BCUT2D eigenvalue weighted by atomic mass is 10.2. The van der Waals surface area contributed by atoms with Crippen LogP contribution in [-0.4, -0.2) is 59.6 Å².